The van der Waals surface area contributed by atoms with Crippen LogP contribution in [0.3, 0.4) is 0 Å². The average Bonchev–Trinajstić information content (AvgIpc) is 2.88. The van der Waals surface area contributed by atoms with E-state index in [1.165, 1.54) is 0 Å². The smallest absolute Gasteiger partial charge is 0.138 e. The molecule has 2 nitrogen and oxygen atoms in total. The predicted molar refractivity (Wildman–Crippen MR) is 67.8 cm³/mol. The Bertz CT molecular complexity index is 459. The molecule has 0 aromatic carbocycles. The Hall–Kier alpha value is -0.870. The molecule has 0 atom stereocenters. The van der Waals surface area contributed by atoms with Gasteiger partial charge in [-0.25, -0.2) is 0 Å². The van der Waals surface area contributed by atoms with Gasteiger partial charge in [-0.15, -0.1) is 11.3 Å². The fourth-order valence-corrected chi connectivity index (χ4v) is 2.96. The molecule has 0 N–H and O–H groups in total. The molecule has 0 bridgehead atoms. The minimum Gasteiger partial charge on any atom is -0.469 e. The molecule has 0 aliphatic rings. The van der Waals surface area contributed by atoms with Crippen molar-refractivity contribution in [1.82, 2.24) is 0 Å². The summed E-state index contributed by atoms with van der Waals surface area (Å²) in [5, 5.41) is 1.99. The van der Waals surface area contributed by atoms with Crippen LogP contribution in [0.15, 0.2) is 38.7 Å². The number of halogens is 1. The van der Waals surface area contributed by atoms with Gasteiger partial charge in [0.2, 0.25) is 0 Å². The maximum atomic E-state index is 11.7. The number of aryl methyl sites for hydroxylation is 1. The van der Waals surface area contributed by atoms with Crippen LogP contribution in [-0.4, -0.2) is 5.78 Å². The summed E-state index contributed by atoms with van der Waals surface area (Å²) >= 11 is 5.03. The predicted octanol–water partition coefficient (Wildman–Crippen LogP) is 3.85. The van der Waals surface area contributed by atoms with Crippen LogP contribution < -0.4 is 0 Å². The first-order valence-corrected chi connectivity index (χ1v) is 6.69. The van der Waals surface area contributed by atoms with Crippen molar-refractivity contribution < 1.29 is 9.21 Å². The lowest BCUT2D eigenvalue weighted by atomic mass is 10.1. The molecule has 0 unspecified atom stereocenters. The van der Waals surface area contributed by atoms with Crippen LogP contribution in [0.1, 0.15) is 17.1 Å². The van der Waals surface area contributed by atoms with Gasteiger partial charge in [0.1, 0.15) is 11.5 Å². The zero-order valence-electron chi connectivity index (χ0n) is 8.61. The van der Waals surface area contributed by atoms with Crippen molar-refractivity contribution in [3.63, 3.8) is 0 Å². The second-order valence-electron chi connectivity index (χ2n) is 3.49. The molecule has 2 aromatic heterocycles. The monoisotopic (exact) mass is 298 g/mol. The van der Waals surface area contributed by atoms with Crippen LogP contribution in [-0.2, 0) is 17.6 Å². The Labute approximate surface area is 106 Å². The van der Waals surface area contributed by atoms with Crippen molar-refractivity contribution in [2.45, 2.75) is 19.3 Å². The fraction of sp³-hybridized carbons (Fsp3) is 0.250. The van der Waals surface area contributed by atoms with Gasteiger partial charge >= 0.3 is 0 Å². The maximum Gasteiger partial charge on any atom is 0.138 e. The highest BCUT2D eigenvalue weighted by Crippen LogP contribution is 2.23. The molecule has 0 aliphatic carbocycles. The molecule has 0 radical (unpaired) electrons. The minimum atomic E-state index is 0.250. The maximum absolute atomic E-state index is 11.7. The topological polar surface area (TPSA) is 30.2 Å². The molecule has 84 valence electrons. The van der Waals surface area contributed by atoms with E-state index in [0.717, 1.165) is 15.1 Å². The van der Waals surface area contributed by atoms with E-state index in [0.29, 0.717) is 19.3 Å². The number of rotatable bonds is 5. The van der Waals surface area contributed by atoms with E-state index in [-0.39, 0.29) is 5.78 Å². The minimum absolute atomic E-state index is 0.250. The summed E-state index contributed by atoms with van der Waals surface area (Å²) in [4.78, 5) is 12.8. The zero-order valence-corrected chi connectivity index (χ0v) is 11.0. The van der Waals surface area contributed by atoms with Crippen LogP contribution in [0.2, 0.25) is 0 Å². The lowest BCUT2D eigenvalue weighted by Crippen LogP contribution is -2.03. The Morgan fingerprint density at radius 1 is 1.44 bits per heavy atom. The quantitative estimate of drug-likeness (QED) is 0.839. The van der Waals surface area contributed by atoms with Gasteiger partial charge in [0.25, 0.3) is 0 Å². The summed E-state index contributed by atoms with van der Waals surface area (Å²) in [5.41, 5.74) is 0. The molecule has 0 saturated heterocycles. The average molecular weight is 299 g/mol. The van der Waals surface area contributed by atoms with Crippen molar-refractivity contribution in [1.29, 1.82) is 0 Å². The van der Waals surface area contributed by atoms with Crippen LogP contribution >= 0.6 is 27.3 Å². The third-order valence-electron chi connectivity index (χ3n) is 2.28. The summed E-state index contributed by atoms with van der Waals surface area (Å²) in [6.07, 6.45) is 3.38. The van der Waals surface area contributed by atoms with Gasteiger partial charge in [0.05, 0.1) is 6.26 Å². The van der Waals surface area contributed by atoms with E-state index < -0.39 is 0 Å². The molecule has 0 aliphatic heterocycles. The Morgan fingerprint density at radius 2 is 2.31 bits per heavy atom. The Kier molecular flexibility index (Phi) is 3.96. The number of hydrogen-bond donors (Lipinski definition) is 0. The summed E-state index contributed by atoms with van der Waals surface area (Å²) in [5.74, 6) is 1.12. The highest BCUT2D eigenvalue weighted by Gasteiger charge is 2.09. The van der Waals surface area contributed by atoms with Crippen LogP contribution in [0.5, 0.6) is 0 Å². The highest BCUT2D eigenvalue weighted by atomic mass is 79.9. The van der Waals surface area contributed by atoms with E-state index >= 15 is 0 Å². The zero-order chi connectivity index (χ0) is 11.4. The number of hydrogen-bond acceptors (Lipinski definition) is 3. The second-order valence-corrected chi connectivity index (χ2v) is 5.34. The number of Topliss-reactive ketones (excluding diaryl/α,β-unsaturated/α-hetero) is 1. The van der Waals surface area contributed by atoms with Crippen LogP contribution in [0, 0.1) is 0 Å². The van der Waals surface area contributed by atoms with Gasteiger partial charge < -0.3 is 4.42 Å². The molecule has 0 fully saturated rings. The largest absolute Gasteiger partial charge is 0.469 e. The molecule has 0 saturated carbocycles. The van der Waals surface area contributed by atoms with Gasteiger partial charge in [0.15, 0.2) is 0 Å². The third kappa shape index (κ3) is 3.06. The fourth-order valence-electron chi connectivity index (χ4n) is 1.44. The van der Waals surface area contributed by atoms with Gasteiger partial charge in [-0.1, -0.05) is 0 Å². The number of ketones is 1. The lowest BCUT2D eigenvalue weighted by Gasteiger charge is -1.98. The first-order valence-electron chi connectivity index (χ1n) is 5.01. The number of carbonyl (C=O) groups excluding carboxylic acids is 1. The summed E-state index contributed by atoms with van der Waals surface area (Å²) < 4.78 is 6.22. The van der Waals surface area contributed by atoms with Crippen molar-refractivity contribution in [2.75, 3.05) is 0 Å². The molecular formula is C12H11BrO2S. The van der Waals surface area contributed by atoms with Gasteiger partial charge in [-0.05, 0) is 39.5 Å². The van der Waals surface area contributed by atoms with Crippen molar-refractivity contribution in [3.05, 3.63) is 45.0 Å². The molecule has 2 aromatic rings. The van der Waals surface area contributed by atoms with Gasteiger partial charge in [-0.2, -0.15) is 0 Å². The van der Waals surface area contributed by atoms with E-state index in [1.807, 2.05) is 23.6 Å². The van der Waals surface area contributed by atoms with E-state index in [2.05, 4.69) is 15.9 Å². The molecule has 16 heavy (non-hydrogen) atoms. The van der Waals surface area contributed by atoms with Crippen molar-refractivity contribution in [2.24, 2.45) is 0 Å². The number of thiophene rings is 1. The third-order valence-corrected chi connectivity index (χ3v) is 4.21. The molecule has 0 spiro atoms. The number of carbonyl (C=O) groups is 1. The second kappa shape index (κ2) is 5.46. The molecule has 2 heterocycles. The lowest BCUT2D eigenvalue weighted by molar-refractivity contribution is -0.118. The van der Waals surface area contributed by atoms with E-state index in [9.17, 15) is 4.79 Å². The van der Waals surface area contributed by atoms with Gasteiger partial charge in [0, 0.05) is 28.6 Å². The molecule has 2 rings (SSSR count). The molecule has 0 amide bonds. The summed E-state index contributed by atoms with van der Waals surface area (Å²) in [7, 11) is 0. The molecular weight excluding hydrogens is 288 g/mol. The summed E-state index contributed by atoms with van der Waals surface area (Å²) in [6, 6.07) is 5.71. The summed E-state index contributed by atoms with van der Waals surface area (Å²) in [6.45, 7) is 0. The van der Waals surface area contributed by atoms with Gasteiger partial charge in [-0.3, -0.25) is 4.79 Å². The van der Waals surface area contributed by atoms with E-state index in [1.54, 1.807) is 17.6 Å². The van der Waals surface area contributed by atoms with Crippen molar-refractivity contribution in [3.8, 4) is 0 Å². The first-order chi connectivity index (χ1) is 7.75. The number of furan rings is 1. The normalized spacial score (nSPS) is 10.6. The Morgan fingerprint density at radius 3 is 2.94 bits per heavy atom. The van der Waals surface area contributed by atoms with E-state index in [4.69, 9.17) is 4.42 Å². The van der Waals surface area contributed by atoms with Crippen molar-refractivity contribution >= 4 is 33.0 Å². The highest BCUT2D eigenvalue weighted by molar-refractivity contribution is 9.10. The van der Waals surface area contributed by atoms with Crippen LogP contribution in [0.25, 0.3) is 0 Å². The first kappa shape index (κ1) is 11.6. The standard InChI is InChI=1S/C12H11BrO2S/c13-11-5-7-16-12(11)8-9(14)3-4-10-2-1-6-15-10/h1-2,5-7H,3-4,8H2. The Balaban J connectivity index is 1.83. The SMILES string of the molecule is O=C(CCc1ccco1)Cc1sccc1Br. The molecule has 4 heteroatoms. The van der Waals surface area contributed by atoms with Crippen LogP contribution in [0.4, 0.5) is 0 Å².